The molecule has 0 saturated carbocycles. The van der Waals surface area contributed by atoms with Crippen molar-refractivity contribution in [3.8, 4) is 11.1 Å². The van der Waals surface area contributed by atoms with Crippen LogP contribution in [0.3, 0.4) is 0 Å². The van der Waals surface area contributed by atoms with Gasteiger partial charge in [-0.15, -0.1) is 0 Å². The first-order chi connectivity index (χ1) is 22.6. The summed E-state index contributed by atoms with van der Waals surface area (Å²) in [5.41, 5.74) is 3.24. The molecule has 0 aliphatic carbocycles. The highest BCUT2D eigenvalue weighted by Gasteiger charge is 2.34. The van der Waals surface area contributed by atoms with E-state index in [-0.39, 0.29) is 25.6 Å². The summed E-state index contributed by atoms with van der Waals surface area (Å²) in [5, 5.41) is 15.2. The van der Waals surface area contributed by atoms with Gasteiger partial charge in [-0.25, -0.2) is 14.6 Å². The maximum Gasteiger partial charge on any atom is 0.416 e. The van der Waals surface area contributed by atoms with Crippen molar-refractivity contribution >= 4 is 29.5 Å². The molecule has 1 saturated heterocycles. The van der Waals surface area contributed by atoms with Crippen LogP contribution in [0, 0.1) is 0 Å². The van der Waals surface area contributed by atoms with Crippen molar-refractivity contribution in [1.82, 2.24) is 19.5 Å². The predicted molar refractivity (Wildman–Crippen MR) is 187 cm³/mol. The summed E-state index contributed by atoms with van der Waals surface area (Å²) in [5.74, 6) is 1.15. The molecule has 2 aromatic carbocycles. The van der Waals surface area contributed by atoms with Crippen molar-refractivity contribution in [2.45, 2.75) is 85.1 Å². The number of aromatic nitrogens is 3. The van der Waals surface area contributed by atoms with E-state index in [0.29, 0.717) is 30.4 Å². The van der Waals surface area contributed by atoms with E-state index in [4.69, 9.17) is 19.6 Å². The first-order valence-electron chi connectivity index (χ1n) is 16.5. The predicted octanol–water partition coefficient (Wildman–Crippen LogP) is 6.88. The minimum absolute atomic E-state index is 0.108. The second-order valence-electron chi connectivity index (χ2n) is 14.5. The molecule has 5 rings (SSSR count). The number of carbonyl (C=O) groups excluding carboxylic acids is 2. The van der Waals surface area contributed by atoms with E-state index in [9.17, 15) is 14.7 Å². The second-order valence-corrected chi connectivity index (χ2v) is 14.5. The highest BCUT2D eigenvalue weighted by molar-refractivity contribution is 5.88. The largest absolute Gasteiger partial charge is 0.444 e. The van der Waals surface area contributed by atoms with Crippen LogP contribution in [0.25, 0.3) is 16.8 Å². The van der Waals surface area contributed by atoms with E-state index in [0.717, 1.165) is 22.3 Å². The molecule has 11 nitrogen and oxygen atoms in total. The number of fused-ring (bicyclic) bond motifs is 1. The standard InChI is InChI=1S/C37H48N6O5/c1-25(2)30-21-38-43-32(20-31(39-33(30)43)41-19-18-40(23-29(41)24-44)34(45)47-36(3,4)5)42(35(46)48-37(6,7)8)22-26-14-16-28(17-15-26)27-12-10-9-11-13-27/h9-17,20-21,25,29,44H,18-19,22-24H2,1-8H3/t29-/m0/s1. The fourth-order valence-electron chi connectivity index (χ4n) is 5.68. The lowest BCUT2D eigenvalue weighted by Gasteiger charge is -2.41. The summed E-state index contributed by atoms with van der Waals surface area (Å²) in [6.45, 7) is 16.2. The summed E-state index contributed by atoms with van der Waals surface area (Å²) >= 11 is 0. The lowest BCUT2D eigenvalue weighted by Crippen LogP contribution is -2.57. The zero-order valence-corrected chi connectivity index (χ0v) is 29.3. The third kappa shape index (κ3) is 8.07. The maximum atomic E-state index is 14.0. The van der Waals surface area contributed by atoms with Crippen LogP contribution in [0.2, 0.25) is 0 Å². The van der Waals surface area contributed by atoms with Crippen LogP contribution in [0.4, 0.5) is 21.2 Å². The topological polar surface area (TPSA) is 113 Å². The van der Waals surface area contributed by atoms with Crippen molar-refractivity contribution < 1.29 is 24.2 Å². The molecular formula is C37H48N6O5. The van der Waals surface area contributed by atoms with Gasteiger partial charge in [0.2, 0.25) is 0 Å². The molecule has 0 spiro atoms. The van der Waals surface area contributed by atoms with Crippen LogP contribution < -0.4 is 9.80 Å². The highest BCUT2D eigenvalue weighted by Crippen LogP contribution is 2.32. The van der Waals surface area contributed by atoms with Crippen LogP contribution in [0.15, 0.2) is 66.9 Å². The maximum absolute atomic E-state index is 14.0. The Morgan fingerprint density at radius 3 is 2.19 bits per heavy atom. The lowest BCUT2D eigenvalue weighted by atomic mass is 10.0. The number of aliphatic hydroxyl groups excluding tert-OH is 1. The number of carbonyl (C=O) groups is 2. The molecule has 4 aromatic rings. The molecule has 1 atom stereocenters. The number of amides is 2. The lowest BCUT2D eigenvalue weighted by molar-refractivity contribution is 0.0196. The Kier molecular flexibility index (Phi) is 10.0. The number of anilines is 2. The number of piperazine rings is 1. The monoisotopic (exact) mass is 656 g/mol. The van der Waals surface area contributed by atoms with Gasteiger partial charge in [0, 0.05) is 31.3 Å². The number of aliphatic hydroxyl groups is 1. The van der Waals surface area contributed by atoms with E-state index in [1.807, 2.05) is 95.0 Å². The molecule has 2 aromatic heterocycles. The molecule has 11 heteroatoms. The van der Waals surface area contributed by atoms with Crippen molar-refractivity contribution in [1.29, 1.82) is 0 Å². The molecule has 1 aliphatic rings. The minimum Gasteiger partial charge on any atom is -0.444 e. The third-order valence-electron chi connectivity index (χ3n) is 8.02. The molecule has 0 bridgehead atoms. The first kappa shape index (κ1) is 34.7. The zero-order chi connectivity index (χ0) is 34.8. The summed E-state index contributed by atoms with van der Waals surface area (Å²) in [6.07, 6.45) is 0.840. The van der Waals surface area contributed by atoms with E-state index in [1.54, 1.807) is 20.5 Å². The SMILES string of the molecule is CC(C)c1cnn2c(N(Cc3ccc(-c4ccccc4)cc3)C(=O)OC(C)(C)C)cc(N3CCN(C(=O)OC(C)(C)C)C[C@H]3CO)nc12. The smallest absolute Gasteiger partial charge is 0.416 e. The summed E-state index contributed by atoms with van der Waals surface area (Å²) < 4.78 is 13.2. The van der Waals surface area contributed by atoms with Gasteiger partial charge in [0.05, 0.1) is 25.4 Å². The molecule has 2 amide bonds. The number of ether oxygens (including phenoxy) is 2. The fraction of sp³-hybridized carbons (Fsp3) is 0.459. The number of hydrogen-bond acceptors (Lipinski definition) is 8. The number of hydrogen-bond donors (Lipinski definition) is 1. The van der Waals surface area contributed by atoms with Gasteiger partial charge in [0.15, 0.2) is 5.65 Å². The van der Waals surface area contributed by atoms with Gasteiger partial charge in [-0.3, -0.25) is 4.90 Å². The molecular weight excluding hydrogens is 608 g/mol. The summed E-state index contributed by atoms with van der Waals surface area (Å²) in [6, 6.07) is 19.6. The number of nitrogens with zero attached hydrogens (tertiary/aromatic N) is 6. The van der Waals surface area contributed by atoms with Crippen LogP contribution >= 0.6 is 0 Å². The van der Waals surface area contributed by atoms with Crippen molar-refractivity contribution in [2.75, 3.05) is 36.0 Å². The Bertz CT molecular complexity index is 1720. The minimum atomic E-state index is -0.741. The van der Waals surface area contributed by atoms with Crippen molar-refractivity contribution in [3.05, 3.63) is 78.0 Å². The first-order valence-corrected chi connectivity index (χ1v) is 16.5. The second kappa shape index (κ2) is 13.8. The Hall–Kier alpha value is -4.64. The van der Waals surface area contributed by atoms with E-state index >= 15 is 0 Å². The van der Waals surface area contributed by atoms with Gasteiger partial charge in [-0.05, 0) is 64.2 Å². The Labute approximate surface area is 283 Å². The van der Waals surface area contributed by atoms with Crippen molar-refractivity contribution in [2.24, 2.45) is 0 Å². The van der Waals surface area contributed by atoms with E-state index < -0.39 is 29.4 Å². The van der Waals surface area contributed by atoms with E-state index in [2.05, 4.69) is 26.0 Å². The third-order valence-corrected chi connectivity index (χ3v) is 8.02. The summed E-state index contributed by atoms with van der Waals surface area (Å²) in [7, 11) is 0. The zero-order valence-electron chi connectivity index (χ0n) is 29.3. The Morgan fingerprint density at radius 2 is 1.58 bits per heavy atom. The van der Waals surface area contributed by atoms with Gasteiger partial charge in [0.25, 0.3) is 0 Å². The molecule has 1 aliphatic heterocycles. The van der Waals surface area contributed by atoms with Crippen LogP contribution in [-0.2, 0) is 16.0 Å². The number of rotatable bonds is 7. The molecule has 3 heterocycles. The van der Waals surface area contributed by atoms with Gasteiger partial charge >= 0.3 is 12.2 Å². The van der Waals surface area contributed by atoms with Gasteiger partial charge in [-0.1, -0.05) is 68.4 Å². The van der Waals surface area contributed by atoms with Crippen molar-refractivity contribution in [3.63, 3.8) is 0 Å². The molecule has 0 radical (unpaired) electrons. The van der Waals surface area contributed by atoms with E-state index in [1.165, 1.54) is 0 Å². The Balaban J connectivity index is 1.56. The van der Waals surface area contributed by atoms with Gasteiger partial charge in [-0.2, -0.15) is 9.61 Å². The quantitative estimate of drug-likeness (QED) is 0.229. The molecule has 48 heavy (non-hydrogen) atoms. The Morgan fingerprint density at radius 1 is 0.938 bits per heavy atom. The van der Waals surface area contributed by atoms with Crippen LogP contribution in [0.5, 0.6) is 0 Å². The highest BCUT2D eigenvalue weighted by atomic mass is 16.6. The van der Waals surface area contributed by atoms with Crippen LogP contribution in [0.1, 0.15) is 72.4 Å². The normalized spacial score (nSPS) is 15.6. The average Bonchev–Trinajstić information content (AvgIpc) is 3.46. The molecule has 0 unspecified atom stereocenters. The van der Waals surface area contributed by atoms with Gasteiger partial charge in [0.1, 0.15) is 22.8 Å². The average molecular weight is 657 g/mol. The molecule has 1 fully saturated rings. The van der Waals surface area contributed by atoms with Gasteiger partial charge < -0.3 is 24.4 Å². The number of benzene rings is 2. The fourth-order valence-corrected chi connectivity index (χ4v) is 5.68. The molecule has 256 valence electrons. The van der Waals surface area contributed by atoms with Crippen LogP contribution in [-0.4, -0.2) is 80.3 Å². The molecule has 1 N–H and O–H groups in total. The summed E-state index contributed by atoms with van der Waals surface area (Å²) in [4.78, 5) is 37.1.